The minimum Gasteiger partial charge on any atom is -0.493 e. The molecule has 0 aliphatic heterocycles. The van der Waals surface area contributed by atoms with Crippen LogP contribution in [0.25, 0.3) is 0 Å². The number of rotatable bonds is 7. The second-order valence-electron chi connectivity index (χ2n) is 6.89. The van der Waals surface area contributed by atoms with Crippen LogP contribution < -0.4 is 14.8 Å². The van der Waals surface area contributed by atoms with Gasteiger partial charge < -0.3 is 14.8 Å². The van der Waals surface area contributed by atoms with E-state index in [1.807, 2.05) is 38.1 Å². The Hall–Kier alpha value is -3.48. The quantitative estimate of drug-likeness (QED) is 0.483. The predicted octanol–water partition coefficient (Wildman–Crippen LogP) is 6.24. The summed E-state index contributed by atoms with van der Waals surface area (Å²) in [5.74, 6) is 0.841. The second-order valence-corrected chi connectivity index (χ2v) is 6.89. The van der Waals surface area contributed by atoms with Crippen molar-refractivity contribution in [3.63, 3.8) is 0 Å². The van der Waals surface area contributed by atoms with Gasteiger partial charge in [-0.15, -0.1) is 0 Å². The summed E-state index contributed by atoms with van der Waals surface area (Å²) in [6.07, 6.45) is -4.43. The highest BCUT2D eigenvalue weighted by Gasteiger charge is 2.30. The van der Waals surface area contributed by atoms with Gasteiger partial charge in [0.15, 0.2) is 0 Å². The average molecular weight is 429 g/mol. The van der Waals surface area contributed by atoms with Crippen LogP contribution in [0.15, 0.2) is 66.7 Å². The molecule has 3 aromatic carbocycles. The Morgan fingerprint density at radius 1 is 0.935 bits per heavy atom. The summed E-state index contributed by atoms with van der Waals surface area (Å²) in [6, 6.07) is 16.8. The first-order chi connectivity index (χ1) is 14.8. The lowest BCUT2D eigenvalue weighted by molar-refractivity contribution is -0.137. The molecule has 4 nitrogen and oxygen atoms in total. The Morgan fingerprint density at radius 3 is 2.23 bits per heavy atom. The van der Waals surface area contributed by atoms with Gasteiger partial charge in [0.1, 0.15) is 18.1 Å². The Kier molecular flexibility index (Phi) is 6.84. The van der Waals surface area contributed by atoms with Gasteiger partial charge in [-0.2, -0.15) is 13.2 Å². The normalized spacial score (nSPS) is 11.1. The van der Waals surface area contributed by atoms with Crippen molar-refractivity contribution < 1.29 is 27.4 Å². The summed E-state index contributed by atoms with van der Waals surface area (Å²) in [4.78, 5) is 12.6. The van der Waals surface area contributed by atoms with Crippen molar-refractivity contribution in [3.05, 3.63) is 89.0 Å². The number of hydrogen-bond acceptors (Lipinski definition) is 3. The second kappa shape index (κ2) is 9.55. The van der Waals surface area contributed by atoms with E-state index in [0.29, 0.717) is 29.2 Å². The number of carbonyl (C=O) groups excluding carboxylic acids is 1. The monoisotopic (exact) mass is 429 g/mol. The van der Waals surface area contributed by atoms with Crippen molar-refractivity contribution in [2.45, 2.75) is 26.6 Å². The van der Waals surface area contributed by atoms with Crippen LogP contribution in [0.2, 0.25) is 0 Å². The zero-order valence-electron chi connectivity index (χ0n) is 17.1. The molecule has 31 heavy (non-hydrogen) atoms. The summed E-state index contributed by atoms with van der Waals surface area (Å²) >= 11 is 0. The number of carbonyl (C=O) groups is 1. The Morgan fingerprint density at radius 2 is 1.61 bits per heavy atom. The summed E-state index contributed by atoms with van der Waals surface area (Å²) in [5.41, 5.74) is 1.63. The fourth-order valence-corrected chi connectivity index (χ4v) is 2.87. The topological polar surface area (TPSA) is 47.6 Å². The maximum atomic E-state index is 12.7. The number of anilines is 1. The lowest BCUT2D eigenvalue weighted by atomic mass is 10.1. The van der Waals surface area contributed by atoms with Crippen molar-refractivity contribution in [2.24, 2.45) is 0 Å². The third kappa shape index (κ3) is 6.01. The number of hydrogen-bond donors (Lipinski definition) is 1. The largest absolute Gasteiger partial charge is 0.493 e. The van der Waals surface area contributed by atoms with Crippen molar-refractivity contribution in [1.82, 2.24) is 0 Å². The number of nitrogens with one attached hydrogen (secondary N) is 1. The molecule has 0 aromatic heterocycles. The van der Waals surface area contributed by atoms with Crippen LogP contribution >= 0.6 is 0 Å². The number of amides is 1. The molecule has 0 saturated carbocycles. The van der Waals surface area contributed by atoms with Crippen LogP contribution in [0.5, 0.6) is 11.5 Å². The van der Waals surface area contributed by atoms with Gasteiger partial charge in [0.25, 0.3) is 5.91 Å². The number of halogens is 3. The van der Waals surface area contributed by atoms with E-state index in [2.05, 4.69) is 5.32 Å². The van der Waals surface area contributed by atoms with E-state index in [9.17, 15) is 18.0 Å². The van der Waals surface area contributed by atoms with Gasteiger partial charge in [-0.3, -0.25) is 4.79 Å². The predicted molar refractivity (Wildman–Crippen MR) is 113 cm³/mol. The number of ether oxygens (including phenoxy) is 2. The maximum absolute atomic E-state index is 12.7. The summed E-state index contributed by atoms with van der Waals surface area (Å²) in [6.45, 7) is 4.49. The lowest BCUT2D eigenvalue weighted by Gasteiger charge is -2.14. The molecule has 0 saturated heterocycles. The maximum Gasteiger partial charge on any atom is 0.416 e. The third-order valence-electron chi connectivity index (χ3n) is 4.51. The van der Waals surface area contributed by atoms with Gasteiger partial charge in [-0.05, 0) is 68.4 Å². The first-order valence-corrected chi connectivity index (χ1v) is 9.70. The first-order valence-electron chi connectivity index (χ1n) is 9.70. The number of aryl methyl sites for hydroxylation is 1. The molecule has 3 rings (SSSR count). The van der Waals surface area contributed by atoms with Crippen molar-refractivity contribution in [3.8, 4) is 11.5 Å². The molecule has 1 amide bonds. The Labute approximate surface area is 178 Å². The van der Waals surface area contributed by atoms with Crippen LogP contribution in [-0.4, -0.2) is 12.5 Å². The van der Waals surface area contributed by atoms with E-state index in [4.69, 9.17) is 9.47 Å². The van der Waals surface area contributed by atoms with Crippen LogP contribution in [0.1, 0.15) is 34.0 Å². The summed E-state index contributed by atoms with van der Waals surface area (Å²) < 4.78 is 49.5. The van der Waals surface area contributed by atoms with Crippen LogP contribution in [0.3, 0.4) is 0 Å². The molecule has 0 spiro atoms. The minimum absolute atomic E-state index is 0.194. The summed E-state index contributed by atoms with van der Waals surface area (Å²) in [7, 11) is 0. The molecule has 0 unspecified atom stereocenters. The van der Waals surface area contributed by atoms with E-state index < -0.39 is 17.6 Å². The third-order valence-corrected chi connectivity index (χ3v) is 4.51. The molecule has 1 N–H and O–H groups in total. The smallest absolute Gasteiger partial charge is 0.416 e. The molecule has 0 atom stereocenters. The Balaban J connectivity index is 1.75. The minimum atomic E-state index is -4.43. The van der Waals surface area contributed by atoms with E-state index in [-0.39, 0.29) is 12.3 Å². The van der Waals surface area contributed by atoms with Gasteiger partial charge >= 0.3 is 6.18 Å². The zero-order valence-corrected chi connectivity index (χ0v) is 17.1. The van der Waals surface area contributed by atoms with Crippen LogP contribution in [0, 0.1) is 6.92 Å². The Bertz CT molecular complexity index is 1030. The molecule has 0 aliphatic rings. The lowest BCUT2D eigenvalue weighted by Crippen LogP contribution is -2.13. The molecular formula is C24H22F3NO3. The molecule has 0 bridgehead atoms. The van der Waals surface area contributed by atoms with Gasteiger partial charge in [0, 0.05) is 16.8 Å². The van der Waals surface area contributed by atoms with Crippen molar-refractivity contribution >= 4 is 11.6 Å². The van der Waals surface area contributed by atoms with Crippen molar-refractivity contribution in [2.75, 3.05) is 11.9 Å². The SMILES string of the molecule is CCOc1ccc(C(=O)Nc2ccc(C(F)(F)F)cc2)cc1COc1ccc(C)cc1. The molecule has 0 aliphatic carbocycles. The number of benzene rings is 3. The average Bonchev–Trinajstić information content (AvgIpc) is 2.74. The van der Waals surface area contributed by atoms with E-state index in [1.165, 1.54) is 12.1 Å². The first kappa shape index (κ1) is 22.2. The highest BCUT2D eigenvalue weighted by molar-refractivity contribution is 6.04. The zero-order chi connectivity index (χ0) is 22.4. The fraction of sp³-hybridized carbons (Fsp3) is 0.208. The van der Waals surface area contributed by atoms with Gasteiger partial charge in [0.2, 0.25) is 0 Å². The molecular weight excluding hydrogens is 407 g/mol. The molecule has 162 valence electrons. The van der Waals surface area contributed by atoms with Gasteiger partial charge in [-0.25, -0.2) is 0 Å². The van der Waals surface area contributed by atoms with Crippen LogP contribution in [0.4, 0.5) is 18.9 Å². The molecule has 0 heterocycles. The fourth-order valence-electron chi connectivity index (χ4n) is 2.87. The van der Waals surface area contributed by atoms with E-state index >= 15 is 0 Å². The number of alkyl halides is 3. The molecule has 0 radical (unpaired) electrons. The standard InChI is InChI=1S/C24H22F3NO3/c1-3-30-22-13-6-17(14-18(22)15-31-21-11-4-16(2)5-12-21)23(29)28-20-9-7-19(8-10-20)24(25,26)27/h4-14H,3,15H2,1-2H3,(H,28,29). The van der Waals surface area contributed by atoms with E-state index in [0.717, 1.165) is 17.7 Å². The molecule has 0 fully saturated rings. The highest BCUT2D eigenvalue weighted by Crippen LogP contribution is 2.30. The highest BCUT2D eigenvalue weighted by atomic mass is 19.4. The molecule has 7 heteroatoms. The van der Waals surface area contributed by atoms with Gasteiger partial charge in [-0.1, -0.05) is 17.7 Å². The van der Waals surface area contributed by atoms with Crippen molar-refractivity contribution in [1.29, 1.82) is 0 Å². The van der Waals surface area contributed by atoms with Crippen LogP contribution in [-0.2, 0) is 12.8 Å². The van der Waals surface area contributed by atoms with E-state index in [1.54, 1.807) is 18.2 Å². The molecule has 3 aromatic rings. The summed E-state index contributed by atoms with van der Waals surface area (Å²) in [5, 5.41) is 2.61. The van der Waals surface area contributed by atoms with Gasteiger partial charge in [0.05, 0.1) is 12.2 Å².